The highest BCUT2D eigenvalue weighted by Gasteiger charge is 2.09. The van der Waals surface area contributed by atoms with Crippen molar-refractivity contribution in [1.82, 2.24) is 9.38 Å². The molecule has 1 aromatic carbocycles. The number of imidazole rings is 1. The summed E-state index contributed by atoms with van der Waals surface area (Å²) in [6.07, 6.45) is 3.59. The molecule has 1 N–H and O–H groups in total. The third kappa shape index (κ3) is 2.26. The predicted octanol–water partition coefficient (Wildman–Crippen LogP) is 3.55. The number of aromatic nitrogens is 2. The van der Waals surface area contributed by atoms with Crippen molar-refractivity contribution in [3.05, 3.63) is 65.1 Å². The molecule has 3 aromatic rings. The van der Waals surface area contributed by atoms with Crippen molar-refractivity contribution >= 4 is 28.8 Å². The van der Waals surface area contributed by atoms with Gasteiger partial charge in [0.2, 0.25) is 0 Å². The summed E-state index contributed by atoms with van der Waals surface area (Å²) >= 11 is 5.81. The number of amides is 1. The molecular formula is C15H12ClN3O. The second kappa shape index (κ2) is 4.98. The van der Waals surface area contributed by atoms with Crippen LogP contribution in [0.3, 0.4) is 0 Å². The predicted molar refractivity (Wildman–Crippen MR) is 79.3 cm³/mol. The molecule has 0 saturated carbocycles. The van der Waals surface area contributed by atoms with Crippen molar-refractivity contribution in [2.24, 2.45) is 0 Å². The van der Waals surface area contributed by atoms with Crippen LogP contribution < -0.4 is 5.32 Å². The maximum absolute atomic E-state index is 12.2. The number of anilines is 1. The number of carbonyl (C=O) groups excluding carboxylic acids is 1. The van der Waals surface area contributed by atoms with Gasteiger partial charge in [-0.3, -0.25) is 4.79 Å². The van der Waals surface area contributed by atoms with Gasteiger partial charge in [0.25, 0.3) is 5.91 Å². The zero-order valence-electron chi connectivity index (χ0n) is 10.8. The quantitative estimate of drug-likeness (QED) is 0.783. The number of carbonyl (C=O) groups is 1. The molecule has 0 atom stereocenters. The molecule has 20 heavy (non-hydrogen) atoms. The fourth-order valence-electron chi connectivity index (χ4n) is 2.06. The minimum absolute atomic E-state index is 0.163. The lowest BCUT2D eigenvalue weighted by Gasteiger charge is -2.10. The molecule has 0 unspecified atom stereocenters. The van der Waals surface area contributed by atoms with Crippen molar-refractivity contribution in [3.8, 4) is 0 Å². The summed E-state index contributed by atoms with van der Waals surface area (Å²) in [5.74, 6) is -0.163. The van der Waals surface area contributed by atoms with E-state index in [-0.39, 0.29) is 5.91 Å². The van der Waals surface area contributed by atoms with Crippen LogP contribution in [0.5, 0.6) is 0 Å². The van der Waals surface area contributed by atoms with E-state index < -0.39 is 0 Å². The number of benzene rings is 1. The average molecular weight is 286 g/mol. The maximum Gasteiger partial charge on any atom is 0.255 e. The molecule has 0 fully saturated rings. The van der Waals surface area contributed by atoms with Gasteiger partial charge in [-0.1, -0.05) is 11.6 Å². The number of hydrogen-bond donors (Lipinski definition) is 1. The first-order valence-corrected chi connectivity index (χ1v) is 6.52. The van der Waals surface area contributed by atoms with Gasteiger partial charge < -0.3 is 9.72 Å². The van der Waals surface area contributed by atoms with E-state index in [2.05, 4.69) is 10.3 Å². The van der Waals surface area contributed by atoms with Gasteiger partial charge in [-0.25, -0.2) is 4.98 Å². The summed E-state index contributed by atoms with van der Waals surface area (Å²) in [7, 11) is 0. The second-order valence-electron chi connectivity index (χ2n) is 4.45. The highest BCUT2D eigenvalue weighted by atomic mass is 35.5. The molecular weight excluding hydrogens is 274 g/mol. The Hall–Kier alpha value is -2.33. The Kier molecular flexibility index (Phi) is 3.16. The van der Waals surface area contributed by atoms with E-state index in [1.165, 1.54) is 0 Å². The smallest absolute Gasteiger partial charge is 0.255 e. The van der Waals surface area contributed by atoms with Gasteiger partial charge in [-0.05, 0) is 43.3 Å². The monoisotopic (exact) mass is 285 g/mol. The van der Waals surface area contributed by atoms with E-state index in [1.54, 1.807) is 30.5 Å². The fourth-order valence-corrected chi connectivity index (χ4v) is 2.18. The summed E-state index contributed by atoms with van der Waals surface area (Å²) in [5, 5.41) is 3.51. The van der Waals surface area contributed by atoms with Crippen LogP contribution >= 0.6 is 11.6 Å². The Bertz CT molecular complexity index is 777. The van der Waals surface area contributed by atoms with Crippen LogP contribution in [0.1, 0.15) is 16.1 Å². The van der Waals surface area contributed by atoms with Crippen LogP contribution in [-0.2, 0) is 0 Å². The number of nitrogens with zero attached hydrogens (tertiary/aromatic N) is 2. The molecule has 0 aliphatic carbocycles. The summed E-state index contributed by atoms with van der Waals surface area (Å²) in [6, 6.07) is 10.5. The molecule has 5 heteroatoms. The molecule has 0 aliphatic heterocycles. The Balaban J connectivity index is 1.90. The topological polar surface area (TPSA) is 46.4 Å². The number of nitrogens with one attached hydrogen (secondary N) is 1. The molecule has 4 nitrogen and oxygen atoms in total. The van der Waals surface area contributed by atoms with E-state index in [9.17, 15) is 4.79 Å². The highest BCUT2D eigenvalue weighted by molar-refractivity contribution is 6.30. The Morgan fingerprint density at radius 2 is 1.95 bits per heavy atom. The molecule has 1 amide bonds. The Labute approximate surface area is 121 Å². The first kappa shape index (κ1) is 12.7. The van der Waals surface area contributed by atoms with Crippen LogP contribution in [0, 0.1) is 6.92 Å². The SMILES string of the molecule is Cc1c(NC(=O)c2ccc(Cl)cc2)ccc2nccn12. The average Bonchev–Trinajstić information content (AvgIpc) is 2.92. The Morgan fingerprint density at radius 3 is 2.70 bits per heavy atom. The van der Waals surface area contributed by atoms with Crippen LogP contribution in [0.25, 0.3) is 5.65 Å². The number of fused-ring (bicyclic) bond motifs is 1. The van der Waals surface area contributed by atoms with Crippen LogP contribution in [0.4, 0.5) is 5.69 Å². The number of halogens is 1. The number of pyridine rings is 1. The van der Waals surface area contributed by atoms with Gasteiger partial charge in [-0.15, -0.1) is 0 Å². The molecule has 0 aliphatic rings. The minimum atomic E-state index is -0.163. The van der Waals surface area contributed by atoms with Gasteiger partial charge in [-0.2, -0.15) is 0 Å². The van der Waals surface area contributed by atoms with E-state index in [0.717, 1.165) is 17.0 Å². The van der Waals surface area contributed by atoms with E-state index in [0.29, 0.717) is 10.6 Å². The molecule has 0 spiro atoms. The van der Waals surface area contributed by atoms with Crippen molar-refractivity contribution in [3.63, 3.8) is 0 Å². The van der Waals surface area contributed by atoms with Crippen molar-refractivity contribution in [1.29, 1.82) is 0 Å². The molecule has 3 rings (SSSR count). The normalized spacial score (nSPS) is 10.7. The van der Waals surface area contributed by atoms with E-state index in [1.807, 2.05) is 29.7 Å². The van der Waals surface area contributed by atoms with Crippen molar-refractivity contribution in [2.75, 3.05) is 5.32 Å². The third-order valence-corrected chi connectivity index (χ3v) is 3.43. The molecule has 2 aromatic heterocycles. The maximum atomic E-state index is 12.2. The Morgan fingerprint density at radius 1 is 1.20 bits per heavy atom. The minimum Gasteiger partial charge on any atom is -0.320 e. The lowest BCUT2D eigenvalue weighted by Crippen LogP contribution is -2.13. The second-order valence-corrected chi connectivity index (χ2v) is 4.89. The van der Waals surface area contributed by atoms with Gasteiger partial charge in [0.05, 0.1) is 5.69 Å². The summed E-state index contributed by atoms with van der Waals surface area (Å²) in [4.78, 5) is 16.4. The van der Waals surface area contributed by atoms with E-state index >= 15 is 0 Å². The number of hydrogen-bond acceptors (Lipinski definition) is 2. The number of aryl methyl sites for hydroxylation is 1. The zero-order chi connectivity index (χ0) is 14.1. The molecule has 100 valence electrons. The van der Waals surface area contributed by atoms with Gasteiger partial charge >= 0.3 is 0 Å². The highest BCUT2D eigenvalue weighted by Crippen LogP contribution is 2.18. The molecule has 2 heterocycles. The summed E-state index contributed by atoms with van der Waals surface area (Å²) in [6.45, 7) is 1.94. The van der Waals surface area contributed by atoms with Gasteiger partial charge in [0.1, 0.15) is 5.65 Å². The lowest BCUT2D eigenvalue weighted by atomic mass is 10.2. The van der Waals surface area contributed by atoms with Crippen molar-refractivity contribution in [2.45, 2.75) is 6.92 Å². The first-order valence-electron chi connectivity index (χ1n) is 6.15. The molecule has 0 saturated heterocycles. The number of rotatable bonds is 2. The first-order chi connectivity index (χ1) is 9.65. The largest absolute Gasteiger partial charge is 0.320 e. The standard InChI is InChI=1S/C15H12ClN3O/c1-10-13(6-7-14-17-8-9-19(10)14)18-15(20)11-2-4-12(16)5-3-11/h2-9H,1H3,(H,18,20). The van der Waals surface area contributed by atoms with Gasteiger partial charge in [0.15, 0.2) is 0 Å². The fraction of sp³-hybridized carbons (Fsp3) is 0.0667. The van der Waals surface area contributed by atoms with Crippen molar-refractivity contribution < 1.29 is 4.79 Å². The molecule has 0 bridgehead atoms. The lowest BCUT2D eigenvalue weighted by molar-refractivity contribution is 0.102. The van der Waals surface area contributed by atoms with Crippen LogP contribution in [0.15, 0.2) is 48.8 Å². The zero-order valence-corrected chi connectivity index (χ0v) is 11.6. The van der Waals surface area contributed by atoms with Crippen LogP contribution in [-0.4, -0.2) is 15.3 Å². The summed E-state index contributed by atoms with van der Waals surface area (Å²) in [5.41, 5.74) is 3.12. The molecule has 0 radical (unpaired) electrons. The third-order valence-electron chi connectivity index (χ3n) is 3.17. The van der Waals surface area contributed by atoms with E-state index in [4.69, 9.17) is 11.6 Å². The van der Waals surface area contributed by atoms with Crippen LogP contribution in [0.2, 0.25) is 5.02 Å². The summed E-state index contributed by atoms with van der Waals surface area (Å²) < 4.78 is 1.93. The van der Waals surface area contributed by atoms with Gasteiger partial charge in [0, 0.05) is 28.7 Å².